The van der Waals surface area contributed by atoms with Crippen LogP contribution in [0.25, 0.3) is 0 Å². The van der Waals surface area contributed by atoms with Crippen LogP contribution in [0.2, 0.25) is 0 Å². The van der Waals surface area contributed by atoms with Gasteiger partial charge in [0, 0.05) is 24.0 Å². The Balaban J connectivity index is 1.66. The first kappa shape index (κ1) is 15.2. The Labute approximate surface area is 133 Å². The molecule has 22 heavy (non-hydrogen) atoms. The van der Waals surface area contributed by atoms with E-state index in [1.165, 1.54) is 4.88 Å². The van der Waals surface area contributed by atoms with Gasteiger partial charge in [0.15, 0.2) is 5.69 Å². The molecule has 0 aliphatic carbocycles. The minimum absolute atomic E-state index is 0.0391. The van der Waals surface area contributed by atoms with Gasteiger partial charge in [0.25, 0.3) is 5.91 Å². The van der Waals surface area contributed by atoms with E-state index in [4.69, 9.17) is 5.73 Å². The highest BCUT2D eigenvalue weighted by molar-refractivity contribution is 7.09. The van der Waals surface area contributed by atoms with Crippen molar-refractivity contribution in [2.45, 2.75) is 32.4 Å². The van der Waals surface area contributed by atoms with E-state index < -0.39 is 0 Å². The van der Waals surface area contributed by atoms with Gasteiger partial charge in [0.1, 0.15) is 0 Å². The molecule has 1 aliphatic heterocycles. The van der Waals surface area contributed by atoms with Gasteiger partial charge in [0.2, 0.25) is 0 Å². The Hall–Kier alpha value is -1.73. The van der Waals surface area contributed by atoms with Crippen molar-refractivity contribution in [3.8, 4) is 0 Å². The molecule has 1 aliphatic rings. The third-order valence-corrected chi connectivity index (χ3v) is 5.01. The number of amides is 1. The number of hydrogen-bond acceptors (Lipinski definition) is 5. The van der Waals surface area contributed by atoms with Crippen molar-refractivity contribution in [1.82, 2.24) is 19.9 Å². The maximum absolute atomic E-state index is 12.6. The van der Waals surface area contributed by atoms with Crippen LogP contribution >= 0.6 is 11.3 Å². The van der Waals surface area contributed by atoms with Crippen molar-refractivity contribution in [1.29, 1.82) is 0 Å². The van der Waals surface area contributed by atoms with E-state index in [0.29, 0.717) is 24.7 Å². The molecule has 7 heteroatoms. The number of hydrogen-bond donors (Lipinski definition) is 1. The molecular formula is C15H21N5OS. The maximum atomic E-state index is 12.6. The third kappa shape index (κ3) is 3.36. The largest absolute Gasteiger partial charge is 0.337 e. The third-order valence-electron chi connectivity index (χ3n) is 4.14. The molecule has 6 nitrogen and oxygen atoms in total. The van der Waals surface area contributed by atoms with Crippen molar-refractivity contribution < 1.29 is 4.79 Å². The van der Waals surface area contributed by atoms with Crippen LogP contribution in [0, 0.1) is 5.92 Å². The molecule has 3 heterocycles. The lowest BCUT2D eigenvalue weighted by molar-refractivity contribution is 0.0655. The Morgan fingerprint density at radius 3 is 3.18 bits per heavy atom. The fourth-order valence-electron chi connectivity index (χ4n) is 2.82. The van der Waals surface area contributed by atoms with Crippen LogP contribution in [0.15, 0.2) is 23.7 Å². The predicted molar refractivity (Wildman–Crippen MR) is 85.7 cm³/mol. The van der Waals surface area contributed by atoms with Crippen molar-refractivity contribution in [2.75, 3.05) is 13.1 Å². The van der Waals surface area contributed by atoms with Gasteiger partial charge in [0.05, 0.1) is 12.7 Å². The minimum Gasteiger partial charge on any atom is -0.337 e. The first-order valence-electron chi connectivity index (χ1n) is 7.61. The lowest BCUT2D eigenvalue weighted by Gasteiger charge is -2.34. The van der Waals surface area contributed by atoms with Crippen LogP contribution in [0.1, 0.15) is 35.1 Å². The van der Waals surface area contributed by atoms with Crippen LogP contribution in [-0.2, 0) is 6.54 Å². The Morgan fingerprint density at radius 1 is 1.59 bits per heavy atom. The summed E-state index contributed by atoms with van der Waals surface area (Å²) in [4.78, 5) is 15.6. The minimum atomic E-state index is -0.0391. The molecule has 2 unspecified atom stereocenters. The van der Waals surface area contributed by atoms with Gasteiger partial charge in [-0.25, -0.2) is 4.68 Å². The number of nitrogens with zero attached hydrogens (tertiary/aromatic N) is 4. The number of nitrogens with two attached hydrogens (primary N) is 1. The van der Waals surface area contributed by atoms with Gasteiger partial charge in [-0.2, -0.15) is 0 Å². The zero-order valence-corrected chi connectivity index (χ0v) is 13.5. The van der Waals surface area contributed by atoms with Gasteiger partial charge < -0.3 is 10.6 Å². The molecular weight excluding hydrogens is 298 g/mol. The fourth-order valence-corrected chi connectivity index (χ4v) is 3.52. The quantitative estimate of drug-likeness (QED) is 0.928. The summed E-state index contributed by atoms with van der Waals surface area (Å²) in [6.07, 6.45) is 3.82. The predicted octanol–water partition coefficient (Wildman–Crippen LogP) is 1.59. The molecule has 1 amide bonds. The number of rotatable bonds is 4. The Kier molecular flexibility index (Phi) is 4.54. The van der Waals surface area contributed by atoms with Gasteiger partial charge in [-0.1, -0.05) is 11.3 Å². The normalized spacial score (nSPS) is 20.1. The average molecular weight is 319 g/mol. The van der Waals surface area contributed by atoms with E-state index in [0.717, 1.165) is 19.4 Å². The summed E-state index contributed by atoms with van der Waals surface area (Å²) < 4.78 is 1.71. The lowest BCUT2D eigenvalue weighted by atomic mass is 9.92. The van der Waals surface area contributed by atoms with Crippen LogP contribution in [0.4, 0.5) is 0 Å². The number of likely N-dealkylation sites (tertiary alicyclic amines) is 1. The van der Waals surface area contributed by atoms with Crippen LogP contribution in [0.3, 0.4) is 0 Å². The van der Waals surface area contributed by atoms with Crippen molar-refractivity contribution in [3.05, 3.63) is 34.3 Å². The molecule has 1 fully saturated rings. The van der Waals surface area contributed by atoms with E-state index in [9.17, 15) is 4.79 Å². The number of carbonyl (C=O) groups is 1. The topological polar surface area (TPSA) is 77.0 Å². The molecule has 2 aromatic heterocycles. The van der Waals surface area contributed by atoms with Crippen molar-refractivity contribution in [2.24, 2.45) is 11.7 Å². The molecule has 118 valence electrons. The van der Waals surface area contributed by atoms with E-state index >= 15 is 0 Å². The number of aromatic nitrogens is 3. The van der Waals surface area contributed by atoms with E-state index in [2.05, 4.69) is 10.3 Å². The fraction of sp³-hybridized carbons (Fsp3) is 0.533. The van der Waals surface area contributed by atoms with E-state index in [1.807, 2.05) is 29.3 Å². The Bertz CT molecular complexity index is 622. The monoisotopic (exact) mass is 319 g/mol. The summed E-state index contributed by atoms with van der Waals surface area (Å²) in [6, 6.07) is 4.17. The number of piperidine rings is 1. The summed E-state index contributed by atoms with van der Waals surface area (Å²) in [5, 5.41) is 10.1. The molecule has 0 saturated carbocycles. The smallest absolute Gasteiger partial charge is 0.276 e. The van der Waals surface area contributed by atoms with E-state index in [-0.39, 0.29) is 11.9 Å². The second kappa shape index (κ2) is 6.58. The SMILES string of the molecule is CC(N)C1CCCN(C(=O)c2cn(Cc3cccs3)nn2)C1. The summed E-state index contributed by atoms with van der Waals surface area (Å²) >= 11 is 1.67. The molecule has 1 saturated heterocycles. The summed E-state index contributed by atoms with van der Waals surface area (Å²) in [5.74, 6) is 0.335. The molecule has 0 spiro atoms. The Morgan fingerprint density at radius 2 is 2.45 bits per heavy atom. The molecule has 0 radical (unpaired) electrons. The average Bonchev–Trinajstić information content (AvgIpc) is 3.19. The summed E-state index contributed by atoms with van der Waals surface area (Å²) in [7, 11) is 0. The first-order valence-corrected chi connectivity index (χ1v) is 8.49. The lowest BCUT2D eigenvalue weighted by Crippen LogP contribution is -2.45. The van der Waals surface area contributed by atoms with Gasteiger partial charge in [-0.3, -0.25) is 4.79 Å². The molecule has 2 atom stereocenters. The standard InChI is InChI=1S/C15H21N5OS/c1-11(16)12-4-2-6-19(8-12)15(21)14-10-20(18-17-14)9-13-5-3-7-22-13/h3,5,7,10-12H,2,4,6,8-9,16H2,1H3. The number of carbonyl (C=O) groups excluding carboxylic acids is 1. The molecule has 0 aromatic carbocycles. The van der Waals surface area contributed by atoms with Crippen LogP contribution in [0.5, 0.6) is 0 Å². The van der Waals surface area contributed by atoms with Crippen LogP contribution < -0.4 is 5.73 Å². The maximum Gasteiger partial charge on any atom is 0.276 e. The molecule has 3 rings (SSSR count). The highest BCUT2D eigenvalue weighted by Gasteiger charge is 2.27. The zero-order valence-electron chi connectivity index (χ0n) is 12.7. The van der Waals surface area contributed by atoms with Crippen molar-refractivity contribution in [3.63, 3.8) is 0 Å². The zero-order chi connectivity index (χ0) is 15.5. The van der Waals surface area contributed by atoms with Crippen LogP contribution in [-0.4, -0.2) is 44.9 Å². The first-order chi connectivity index (χ1) is 10.6. The van der Waals surface area contributed by atoms with E-state index in [1.54, 1.807) is 22.2 Å². The molecule has 0 bridgehead atoms. The summed E-state index contributed by atoms with van der Waals surface area (Å²) in [5.41, 5.74) is 6.40. The van der Waals surface area contributed by atoms with Crippen molar-refractivity contribution >= 4 is 17.2 Å². The van der Waals surface area contributed by atoms with Gasteiger partial charge >= 0.3 is 0 Å². The van der Waals surface area contributed by atoms with Gasteiger partial charge in [-0.05, 0) is 37.1 Å². The second-order valence-electron chi connectivity index (χ2n) is 5.89. The number of thiophene rings is 1. The second-order valence-corrected chi connectivity index (χ2v) is 6.93. The molecule has 2 N–H and O–H groups in total. The molecule has 2 aromatic rings. The highest BCUT2D eigenvalue weighted by Crippen LogP contribution is 2.20. The highest BCUT2D eigenvalue weighted by atomic mass is 32.1. The van der Waals surface area contributed by atoms with Gasteiger partial charge in [-0.15, -0.1) is 16.4 Å². The summed E-state index contributed by atoms with van der Waals surface area (Å²) in [6.45, 7) is 4.16.